The Morgan fingerprint density at radius 1 is 1.35 bits per heavy atom. The molecular formula is C15H22FN3O. The van der Waals surface area contributed by atoms with Gasteiger partial charge in [-0.15, -0.1) is 0 Å². The van der Waals surface area contributed by atoms with E-state index >= 15 is 0 Å². The zero-order valence-corrected chi connectivity index (χ0v) is 11.6. The first-order valence-corrected chi connectivity index (χ1v) is 7.11. The molecule has 0 bridgehead atoms. The van der Waals surface area contributed by atoms with Crippen LogP contribution < -0.4 is 11.5 Å². The topological polar surface area (TPSA) is 72.3 Å². The molecule has 0 aliphatic carbocycles. The summed E-state index contributed by atoms with van der Waals surface area (Å²) >= 11 is 0. The minimum Gasteiger partial charge on any atom is -0.366 e. The fourth-order valence-electron chi connectivity index (χ4n) is 2.74. The summed E-state index contributed by atoms with van der Waals surface area (Å²) in [7, 11) is 0. The molecule has 20 heavy (non-hydrogen) atoms. The van der Waals surface area contributed by atoms with E-state index in [2.05, 4.69) is 4.90 Å². The van der Waals surface area contributed by atoms with Crippen LogP contribution in [-0.4, -0.2) is 30.4 Å². The monoisotopic (exact) mass is 279 g/mol. The lowest BCUT2D eigenvalue weighted by Crippen LogP contribution is -2.34. The molecule has 4 N–H and O–H groups in total. The Morgan fingerprint density at radius 3 is 2.60 bits per heavy atom. The number of nitrogens with zero attached hydrogens (tertiary/aromatic N) is 1. The molecule has 0 atom stereocenters. The first-order valence-electron chi connectivity index (χ1n) is 7.11. The average molecular weight is 279 g/mol. The van der Waals surface area contributed by atoms with Crippen LogP contribution in [0.5, 0.6) is 0 Å². The number of nitrogens with two attached hydrogens (primary N) is 2. The zero-order valence-electron chi connectivity index (χ0n) is 11.6. The number of carbonyl (C=O) groups excluding carboxylic acids is 1. The average Bonchev–Trinajstić information content (AvgIpc) is 2.43. The summed E-state index contributed by atoms with van der Waals surface area (Å²) in [6.07, 6.45) is 3.33. The quantitative estimate of drug-likeness (QED) is 0.857. The summed E-state index contributed by atoms with van der Waals surface area (Å²) in [6.45, 7) is 3.28. The second-order valence-electron chi connectivity index (χ2n) is 5.47. The largest absolute Gasteiger partial charge is 0.366 e. The third kappa shape index (κ3) is 3.77. The summed E-state index contributed by atoms with van der Waals surface area (Å²) in [5.41, 5.74) is 11.5. The van der Waals surface area contributed by atoms with Gasteiger partial charge in [-0.2, -0.15) is 0 Å². The highest BCUT2D eigenvalue weighted by Gasteiger charge is 2.19. The molecule has 0 saturated carbocycles. The number of piperidine rings is 1. The van der Waals surface area contributed by atoms with E-state index in [0.29, 0.717) is 18.0 Å². The van der Waals surface area contributed by atoms with Crippen LogP contribution in [0.4, 0.5) is 4.39 Å². The van der Waals surface area contributed by atoms with Crippen molar-refractivity contribution in [3.8, 4) is 0 Å². The van der Waals surface area contributed by atoms with Gasteiger partial charge in [0.15, 0.2) is 0 Å². The summed E-state index contributed by atoms with van der Waals surface area (Å²) in [5, 5.41) is 0. The smallest absolute Gasteiger partial charge is 0.248 e. The lowest BCUT2D eigenvalue weighted by atomic mass is 9.93. The Hall–Kier alpha value is -1.46. The molecule has 1 aromatic carbocycles. The van der Waals surface area contributed by atoms with Crippen molar-refractivity contribution < 1.29 is 9.18 Å². The molecule has 1 aliphatic heterocycles. The third-order valence-corrected chi connectivity index (χ3v) is 4.01. The number of hydrogen-bond donors (Lipinski definition) is 2. The van der Waals surface area contributed by atoms with Crippen LogP contribution in [0, 0.1) is 11.7 Å². The first kappa shape index (κ1) is 14.9. The van der Waals surface area contributed by atoms with E-state index < -0.39 is 5.91 Å². The first-order chi connectivity index (χ1) is 9.60. The zero-order chi connectivity index (χ0) is 14.5. The minimum absolute atomic E-state index is 0.216. The van der Waals surface area contributed by atoms with Gasteiger partial charge >= 0.3 is 0 Å². The highest BCUT2D eigenvalue weighted by molar-refractivity contribution is 5.92. The van der Waals surface area contributed by atoms with Gasteiger partial charge in [-0.25, -0.2) is 4.39 Å². The standard InChI is InChI=1S/C15H22FN3O/c16-14-9-12(15(18)20)1-2-13(14)10-19-7-4-11(3-6-17)5-8-19/h1-2,9,11H,3-8,10,17H2,(H2,18,20). The van der Waals surface area contributed by atoms with Crippen molar-refractivity contribution >= 4 is 5.91 Å². The van der Waals surface area contributed by atoms with Crippen molar-refractivity contribution in [2.24, 2.45) is 17.4 Å². The SMILES string of the molecule is NCCC1CCN(Cc2ccc(C(N)=O)cc2F)CC1. The molecule has 1 aliphatic rings. The van der Waals surface area contributed by atoms with E-state index in [0.717, 1.165) is 38.9 Å². The Labute approximate surface area is 118 Å². The molecule has 2 rings (SSSR count). The highest BCUT2D eigenvalue weighted by Crippen LogP contribution is 2.22. The number of primary amides is 1. The van der Waals surface area contributed by atoms with Crippen LogP contribution in [0.2, 0.25) is 0 Å². The summed E-state index contributed by atoms with van der Waals surface area (Å²) in [6, 6.07) is 4.46. The van der Waals surface area contributed by atoms with Crippen LogP contribution >= 0.6 is 0 Å². The number of carbonyl (C=O) groups is 1. The predicted octanol–water partition coefficient (Wildman–Crippen LogP) is 1.49. The number of benzene rings is 1. The van der Waals surface area contributed by atoms with Crippen molar-refractivity contribution in [1.29, 1.82) is 0 Å². The van der Waals surface area contributed by atoms with Gasteiger partial charge in [-0.1, -0.05) is 6.07 Å². The molecule has 5 heteroatoms. The Kier molecular flexibility index (Phi) is 5.09. The Morgan fingerprint density at radius 2 is 2.05 bits per heavy atom. The van der Waals surface area contributed by atoms with Crippen LogP contribution in [0.3, 0.4) is 0 Å². The summed E-state index contributed by atoms with van der Waals surface area (Å²) < 4.78 is 13.9. The van der Waals surface area contributed by atoms with Crippen molar-refractivity contribution in [3.05, 3.63) is 35.1 Å². The van der Waals surface area contributed by atoms with E-state index in [1.54, 1.807) is 12.1 Å². The maximum atomic E-state index is 13.9. The van der Waals surface area contributed by atoms with Gasteiger partial charge in [0.05, 0.1) is 0 Å². The second kappa shape index (κ2) is 6.81. The summed E-state index contributed by atoms with van der Waals surface area (Å²) in [4.78, 5) is 13.2. The number of likely N-dealkylation sites (tertiary alicyclic amines) is 1. The third-order valence-electron chi connectivity index (χ3n) is 4.01. The Balaban J connectivity index is 1.93. The molecule has 4 nitrogen and oxygen atoms in total. The van der Waals surface area contributed by atoms with Crippen LogP contribution in [-0.2, 0) is 6.54 Å². The number of halogens is 1. The van der Waals surface area contributed by atoms with E-state index in [9.17, 15) is 9.18 Å². The van der Waals surface area contributed by atoms with Crippen molar-refractivity contribution in [2.75, 3.05) is 19.6 Å². The molecular weight excluding hydrogens is 257 g/mol. The fraction of sp³-hybridized carbons (Fsp3) is 0.533. The number of hydrogen-bond acceptors (Lipinski definition) is 3. The van der Waals surface area contributed by atoms with Crippen molar-refractivity contribution in [1.82, 2.24) is 4.90 Å². The fourth-order valence-corrected chi connectivity index (χ4v) is 2.74. The van der Waals surface area contributed by atoms with Crippen molar-refractivity contribution in [2.45, 2.75) is 25.8 Å². The van der Waals surface area contributed by atoms with E-state index in [1.165, 1.54) is 6.07 Å². The predicted molar refractivity (Wildman–Crippen MR) is 76.6 cm³/mol. The molecule has 1 heterocycles. The van der Waals surface area contributed by atoms with Gasteiger partial charge < -0.3 is 11.5 Å². The molecule has 1 aromatic rings. The van der Waals surface area contributed by atoms with Gasteiger partial charge in [-0.05, 0) is 56.9 Å². The summed E-state index contributed by atoms with van der Waals surface area (Å²) in [5.74, 6) is -0.248. The van der Waals surface area contributed by atoms with Crippen LogP contribution in [0.1, 0.15) is 35.2 Å². The molecule has 0 aromatic heterocycles. The van der Waals surface area contributed by atoms with Gasteiger partial charge in [0, 0.05) is 17.7 Å². The second-order valence-corrected chi connectivity index (χ2v) is 5.47. The minimum atomic E-state index is -0.599. The van der Waals surface area contributed by atoms with E-state index in [4.69, 9.17) is 11.5 Å². The van der Waals surface area contributed by atoms with Crippen LogP contribution in [0.25, 0.3) is 0 Å². The molecule has 1 amide bonds. The molecule has 0 radical (unpaired) electrons. The maximum Gasteiger partial charge on any atom is 0.248 e. The maximum absolute atomic E-state index is 13.9. The molecule has 0 unspecified atom stereocenters. The number of amides is 1. The van der Waals surface area contributed by atoms with Crippen LogP contribution in [0.15, 0.2) is 18.2 Å². The molecule has 0 spiro atoms. The molecule has 1 saturated heterocycles. The van der Waals surface area contributed by atoms with Crippen molar-refractivity contribution in [3.63, 3.8) is 0 Å². The van der Waals surface area contributed by atoms with Gasteiger partial charge in [0.25, 0.3) is 0 Å². The van der Waals surface area contributed by atoms with Gasteiger partial charge in [0.1, 0.15) is 5.82 Å². The van der Waals surface area contributed by atoms with E-state index in [1.807, 2.05) is 0 Å². The normalized spacial score (nSPS) is 17.3. The van der Waals surface area contributed by atoms with Gasteiger partial charge in [0.2, 0.25) is 5.91 Å². The lowest BCUT2D eigenvalue weighted by molar-refractivity contribution is 0.0999. The Bertz CT molecular complexity index is 470. The van der Waals surface area contributed by atoms with Gasteiger partial charge in [-0.3, -0.25) is 9.69 Å². The highest BCUT2D eigenvalue weighted by atomic mass is 19.1. The van der Waals surface area contributed by atoms with E-state index in [-0.39, 0.29) is 11.4 Å². The lowest BCUT2D eigenvalue weighted by Gasteiger charge is -2.31. The number of rotatable bonds is 5. The molecule has 110 valence electrons. The molecule has 1 fully saturated rings.